The van der Waals surface area contributed by atoms with E-state index in [4.69, 9.17) is 6.42 Å². The largest absolute Gasteiger partial charge is 0.303 e. The third-order valence-electron chi connectivity index (χ3n) is 3.53. The van der Waals surface area contributed by atoms with Crippen LogP contribution in [0.1, 0.15) is 12.8 Å². The summed E-state index contributed by atoms with van der Waals surface area (Å²) >= 11 is 3.23. The number of para-hydroxylation sites is 1. The Morgan fingerprint density at radius 2 is 2.12 bits per heavy atom. The highest BCUT2D eigenvalue weighted by atomic mass is 32.2. The number of aryl methyl sites for hydroxylation is 1. The molecule has 0 spiro atoms. The van der Waals surface area contributed by atoms with Gasteiger partial charge in [0, 0.05) is 13.0 Å². The highest BCUT2D eigenvalue weighted by molar-refractivity contribution is 8.01. The Kier molecular flexibility index (Phi) is 4.15. The Balaban J connectivity index is 1.71. The van der Waals surface area contributed by atoms with Crippen LogP contribution >= 0.6 is 23.1 Å². The van der Waals surface area contributed by atoms with Gasteiger partial charge in [0.15, 0.2) is 15.1 Å². The zero-order valence-corrected chi connectivity index (χ0v) is 14.3. The fourth-order valence-corrected chi connectivity index (χ4v) is 4.54. The molecule has 0 N–H and O–H groups in total. The fourth-order valence-electron chi connectivity index (χ4n) is 2.45. The van der Waals surface area contributed by atoms with Crippen molar-refractivity contribution in [2.24, 2.45) is 0 Å². The molecule has 118 valence electrons. The van der Waals surface area contributed by atoms with E-state index < -0.39 is 0 Å². The molecule has 0 aliphatic heterocycles. The second-order valence-corrected chi connectivity index (χ2v) is 7.38. The smallest absolute Gasteiger partial charge is 0.177 e. The number of thiazole rings is 1. The maximum Gasteiger partial charge on any atom is 0.177 e. The number of benzene rings is 1. The SMILES string of the molecule is C#CCCCn1c(Sc2nc3ccccc3s2)nc2cncnc21. The van der Waals surface area contributed by atoms with Gasteiger partial charge in [-0.05, 0) is 30.3 Å². The van der Waals surface area contributed by atoms with Gasteiger partial charge in [-0.1, -0.05) is 12.1 Å². The third kappa shape index (κ3) is 2.86. The van der Waals surface area contributed by atoms with Crippen molar-refractivity contribution in [3.63, 3.8) is 0 Å². The summed E-state index contributed by atoms with van der Waals surface area (Å²) in [5.41, 5.74) is 2.65. The van der Waals surface area contributed by atoms with E-state index in [1.54, 1.807) is 35.6 Å². The molecule has 4 aromatic rings. The molecule has 0 aliphatic carbocycles. The first-order valence-corrected chi connectivity index (χ1v) is 9.11. The molecule has 4 rings (SSSR count). The Morgan fingerprint density at radius 3 is 3.00 bits per heavy atom. The molecule has 0 radical (unpaired) electrons. The summed E-state index contributed by atoms with van der Waals surface area (Å²) in [6, 6.07) is 8.14. The molecule has 0 saturated carbocycles. The molecular weight excluding hydrogens is 338 g/mol. The van der Waals surface area contributed by atoms with Gasteiger partial charge in [-0.25, -0.2) is 19.9 Å². The first-order valence-electron chi connectivity index (χ1n) is 7.48. The van der Waals surface area contributed by atoms with Crippen molar-refractivity contribution >= 4 is 44.5 Å². The van der Waals surface area contributed by atoms with Crippen molar-refractivity contribution in [2.45, 2.75) is 28.9 Å². The van der Waals surface area contributed by atoms with Gasteiger partial charge in [-0.3, -0.25) is 0 Å². The summed E-state index contributed by atoms with van der Waals surface area (Å²) in [4.78, 5) is 17.8. The average molecular weight is 351 g/mol. The predicted molar refractivity (Wildman–Crippen MR) is 97.1 cm³/mol. The molecule has 0 saturated heterocycles. The molecule has 5 nitrogen and oxygen atoms in total. The van der Waals surface area contributed by atoms with Crippen LogP contribution in [0.3, 0.4) is 0 Å². The lowest BCUT2D eigenvalue weighted by molar-refractivity contribution is 0.615. The molecule has 24 heavy (non-hydrogen) atoms. The molecular formula is C17H13N5S2. The number of unbranched alkanes of at least 4 members (excludes halogenated alkanes) is 1. The van der Waals surface area contributed by atoms with Gasteiger partial charge >= 0.3 is 0 Å². The number of fused-ring (bicyclic) bond motifs is 2. The summed E-state index contributed by atoms with van der Waals surface area (Å²) in [7, 11) is 0. The fraction of sp³-hybridized carbons (Fsp3) is 0.176. The second-order valence-electron chi connectivity index (χ2n) is 5.13. The van der Waals surface area contributed by atoms with Crippen molar-refractivity contribution in [1.29, 1.82) is 0 Å². The number of hydrogen-bond donors (Lipinski definition) is 0. The number of nitrogens with zero attached hydrogens (tertiary/aromatic N) is 5. The molecule has 3 heterocycles. The van der Waals surface area contributed by atoms with E-state index in [1.165, 1.54) is 4.70 Å². The van der Waals surface area contributed by atoms with E-state index >= 15 is 0 Å². The van der Waals surface area contributed by atoms with E-state index in [0.29, 0.717) is 0 Å². The van der Waals surface area contributed by atoms with E-state index in [-0.39, 0.29) is 0 Å². The topological polar surface area (TPSA) is 56.5 Å². The van der Waals surface area contributed by atoms with Crippen LogP contribution in [0.15, 0.2) is 46.3 Å². The molecule has 7 heteroatoms. The zero-order chi connectivity index (χ0) is 16.4. The van der Waals surface area contributed by atoms with Gasteiger partial charge in [-0.15, -0.1) is 23.7 Å². The van der Waals surface area contributed by atoms with Crippen LogP contribution in [0.25, 0.3) is 21.4 Å². The van der Waals surface area contributed by atoms with Gasteiger partial charge in [0.25, 0.3) is 0 Å². The minimum atomic E-state index is 0.732. The Morgan fingerprint density at radius 1 is 1.21 bits per heavy atom. The molecule has 0 amide bonds. The Labute approximate surface area is 147 Å². The number of rotatable bonds is 5. The van der Waals surface area contributed by atoms with Gasteiger partial charge in [0.1, 0.15) is 11.8 Å². The number of aromatic nitrogens is 5. The van der Waals surface area contributed by atoms with Gasteiger partial charge in [0.2, 0.25) is 0 Å². The minimum absolute atomic E-state index is 0.732. The molecule has 0 unspecified atom stereocenters. The van der Waals surface area contributed by atoms with Gasteiger partial charge in [-0.2, -0.15) is 0 Å². The number of hydrogen-bond acceptors (Lipinski definition) is 6. The first kappa shape index (κ1) is 15.1. The van der Waals surface area contributed by atoms with Crippen LogP contribution in [-0.2, 0) is 6.54 Å². The van der Waals surface area contributed by atoms with E-state index in [2.05, 4.69) is 36.5 Å². The Hall–Kier alpha value is -2.43. The highest BCUT2D eigenvalue weighted by Crippen LogP contribution is 2.35. The molecule has 3 aromatic heterocycles. The van der Waals surface area contributed by atoms with Gasteiger partial charge < -0.3 is 4.57 Å². The lowest BCUT2D eigenvalue weighted by atomic mass is 10.3. The summed E-state index contributed by atoms with van der Waals surface area (Å²) in [5.74, 6) is 2.68. The maximum absolute atomic E-state index is 5.37. The van der Waals surface area contributed by atoms with E-state index in [0.717, 1.165) is 45.6 Å². The summed E-state index contributed by atoms with van der Waals surface area (Å²) < 4.78 is 4.25. The first-order chi connectivity index (χ1) is 11.8. The van der Waals surface area contributed by atoms with Crippen molar-refractivity contribution in [3.05, 3.63) is 36.8 Å². The number of imidazole rings is 1. The molecule has 0 bridgehead atoms. The third-order valence-corrected chi connectivity index (χ3v) is 5.62. The van der Waals surface area contributed by atoms with Crippen LogP contribution in [0.5, 0.6) is 0 Å². The Bertz CT molecular complexity index is 1010. The molecule has 1 aromatic carbocycles. The van der Waals surface area contributed by atoms with E-state index in [9.17, 15) is 0 Å². The van der Waals surface area contributed by atoms with Crippen LogP contribution in [0, 0.1) is 12.3 Å². The van der Waals surface area contributed by atoms with Crippen LogP contribution < -0.4 is 0 Å². The van der Waals surface area contributed by atoms with Crippen molar-refractivity contribution in [3.8, 4) is 12.3 Å². The quantitative estimate of drug-likeness (QED) is 0.402. The van der Waals surface area contributed by atoms with Crippen LogP contribution in [0.2, 0.25) is 0 Å². The highest BCUT2D eigenvalue weighted by Gasteiger charge is 2.15. The standard InChI is InChI=1S/C17H13N5S2/c1-2-3-6-9-22-15-13(10-18-11-19-15)20-16(22)24-17-21-12-7-4-5-8-14(12)23-17/h1,4-5,7-8,10-11H,3,6,9H2. The molecule has 0 fully saturated rings. The predicted octanol–water partition coefficient (Wildman–Crippen LogP) is 4.00. The van der Waals surface area contributed by atoms with Crippen molar-refractivity contribution in [1.82, 2.24) is 24.5 Å². The second kappa shape index (κ2) is 6.59. The molecule has 0 atom stereocenters. The summed E-state index contributed by atoms with van der Waals surface area (Å²) in [6.45, 7) is 0.783. The normalized spacial score (nSPS) is 11.1. The van der Waals surface area contributed by atoms with Crippen LogP contribution in [-0.4, -0.2) is 24.5 Å². The number of terminal acetylenes is 1. The van der Waals surface area contributed by atoms with Crippen molar-refractivity contribution < 1.29 is 0 Å². The average Bonchev–Trinajstić information content (AvgIpc) is 3.16. The lowest BCUT2D eigenvalue weighted by Gasteiger charge is -2.05. The van der Waals surface area contributed by atoms with Gasteiger partial charge in [0.05, 0.1) is 16.4 Å². The summed E-state index contributed by atoms with van der Waals surface area (Å²) in [5, 5.41) is 0.876. The summed E-state index contributed by atoms with van der Waals surface area (Å²) in [6.07, 6.45) is 10.3. The van der Waals surface area contributed by atoms with E-state index in [1.807, 2.05) is 18.2 Å². The minimum Gasteiger partial charge on any atom is -0.303 e. The lowest BCUT2D eigenvalue weighted by Crippen LogP contribution is -2.01. The van der Waals surface area contributed by atoms with Crippen molar-refractivity contribution in [2.75, 3.05) is 0 Å². The maximum atomic E-state index is 5.37. The monoisotopic (exact) mass is 351 g/mol. The zero-order valence-electron chi connectivity index (χ0n) is 12.7. The molecule has 0 aliphatic rings. The van der Waals surface area contributed by atoms with Crippen LogP contribution in [0.4, 0.5) is 0 Å².